The fourth-order valence-corrected chi connectivity index (χ4v) is 4.00. The Labute approximate surface area is 203 Å². The normalized spacial score (nSPS) is 13.9. The Kier molecular flexibility index (Phi) is 6.99. The summed E-state index contributed by atoms with van der Waals surface area (Å²) in [6, 6.07) is 5.25. The minimum atomic E-state index is -0.550. The van der Waals surface area contributed by atoms with Crippen molar-refractivity contribution in [1.82, 2.24) is 19.7 Å². The van der Waals surface area contributed by atoms with E-state index in [4.69, 9.17) is 13.9 Å². The Balaban J connectivity index is 1.89. The van der Waals surface area contributed by atoms with Crippen molar-refractivity contribution >= 4 is 5.71 Å². The third-order valence-corrected chi connectivity index (χ3v) is 5.90. The summed E-state index contributed by atoms with van der Waals surface area (Å²) in [6.07, 6.45) is 4.88. The second kappa shape index (κ2) is 10.1. The van der Waals surface area contributed by atoms with E-state index in [0.29, 0.717) is 23.0 Å². The van der Waals surface area contributed by atoms with E-state index in [9.17, 15) is 9.90 Å². The Morgan fingerprint density at radius 1 is 1.23 bits per heavy atom. The quantitative estimate of drug-likeness (QED) is 0.477. The molecule has 0 amide bonds. The summed E-state index contributed by atoms with van der Waals surface area (Å²) >= 11 is 0. The van der Waals surface area contributed by atoms with Crippen LogP contribution in [0.1, 0.15) is 57.7 Å². The SMILES string of the molecule is C/C=C(/Cc1nnc(-c2c(O)nc(C3CCC3)n(-c3c(OC)cccc3OC)c2=O)o1)N=C(C)C. The molecule has 1 aliphatic rings. The Morgan fingerprint density at radius 2 is 1.91 bits per heavy atom. The summed E-state index contributed by atoms with van der Waals surface area (Å²) in [7, 11) is 3.04. The zero-order valence-corrected chi connectivity index (χ0v) is 20.5. The van der Waals surface area contributed by atoms with Gasteiger partial charge in [-0.15, -0.1) is 10.2 Å². The van der Waals surface area contributed by atoms with Gasteiger partial charge in [0.25, 0.3) is 11.4 Å². The van der Waals surface area contributed by atoms with Crippen LogP contribution in [0.3, 0.4) is 0 Å². The number of nitrogens with zero attached hydrogens (tertiary/aromatic N) is 5. The highest BCUT2D eigenvalue weighted by Crippen LogP contribution is 2.40. The molecule has 4 rings (SSSR count). The number of hydrogen-bond donors (Lipinski definition) is 1. The lowest BCUT2D eigenvalue weighted by Gasteiger charge is -2.28. The highest BCUT2D eigenvalue weighted by atomic mass is 16.5. The predicted molar refractivity (Wildman–Crippen MR) is 131 cm³/mol. The van der Waals surface area contributed by atoms with Crippen LogP contribution in [0.4, 0.5) is 0 Å². The molecule has 0 radical (unpaired) electrons. The van der Waals surface area contributed by atoms with Gasteiger partial charge in [0.15, 0.2) is 5.56 Å². The van der Waals surface area contributed by atoms with Gasteiger partial charge in [0.05, 0.1) is 20.6 Å². The third-order valence-electron chi connectivity index (χ3n) is 5.90. The number of hydrogen-bond acceptors (Lipinski definition) is 9. The molecule has 0 spiro atoms. The number of rotatable bonds is 8. The number of ether oxygens (including phenoxy) is 2. The largest absolute Gasteiger partial charge is 0.494 e. The van der Waals surface area contributed by atoms with Crippen molar-refractivity contribution in [3.63, 3.8) is 0 Å². The first-order valence-corrected chi connectivity index (χ1v) is 11.4. The van der Waals surface area contributed by atoms with E-state index in [-0.39, 0.29) is 29.7 Å². The second-order valence-corrected chi connectivity index (χ2v) is 8.46. The Morgan fingerprint density at radius 3 is 2.46 bits per heavy atom. The van der Waals surface area contributed by atoms with Crippen LogP contribution in [0, 0.1) is 0 Å². The van der Waals surface area contributed by atoms with E-state index >= 15 is 0 Å². The summed E-state index contributed by atoms with van der Waals surface area (Å²) in [5.41, 5.74) is 1.31. The van der Waals surface area contributed by atoms with Crippen molar-refractivity contribution in [2.75, 3.05) is 14.2 Å². The molecule has 10 nitrogen and oxygen atoms in total. The van der Waals surface area contributed by atoms with Gasteiger partial charge in [-0.05, 0) is 45.7 Å². The monoisotopic (exact) mass is 479 g/mol. The molecule has 0 aliphatic heterocycles. The number of allylic oxidation sites excluding steroid dienone is 2. The van der Waals surface area contributed by atoms with Gasteiger partial charge in [0, 0.05) is 17.3 Å². The van der Waals surface area contributed by atoms with Gasteiger partial charge in [0.2, 0.25) is 11.8 Å². The summed E-state index contributed by atoms with van der Waals surface area (Å²) in [6.45, 7) is 5.66. The smallest absolute Gasteiger partial charge is 0.275 e. The van der Waals surface area contributed by atoms with Crippen LogP contribution in [0.25, 0.3) is 17.1 Å². The van der Waals surface area contributed by atoms with Gasteiger partial charge >= 0.3 is 0 Å². The highest BCUT2D eigenvalue weighted by Gasteiger charge is 2.32. The van der Waals surface area contributed by atoms with Crippen LogP contribution in [0.15, 0.2) is 44.2 Å². The molecule has 0 saturated heterocycles. The molecule has 2 aromatic heterocycles. The number of aliphatic imine (C=N–C) groups is 1. The number of methoxy groups -OCH3 is 2. The molecular formula is C25H29N5O5. The summed E-state index contributed by atoms with van der Waals surface area (Å²) in [5, 5.41) is 18.9. The van der Waals surface area contributed by atoms with Crippen LogP contribution < -0.4 is 15.0 Å². The molecule has 0 bridgehead atoms. The Hall–Kier alpha value is -3.95. The first-order valence-electron chi connectivity index (χ1n) is 11.4. The molecule has 0 atom stereocenters. The van der Waals surface area contributed by atoms with Gasteiger partial charge in [0.1, 0.15) is 23.0 Å². The summed E-state index contributed by atoms with van der Waals surface area (Å²) < 4.78 is 18.3. The van der Waals surface area contributed by atoms with Crippen molar-refractivity contribution in [1.29, 1.82) is 0 Å². The average molecular weight is 480 g/mol. The van der Waals surface area contributed by atoms with Gasteiger partial charge in [-0.1, -0.05) is 18.6 Å². The fourth-order valence-electron chi connectivity index (χ4n) is 4.00. The molecule has 1 fully saturated rings. The van der Waals surface area contributed by atoms with E-state index in [0.717, 1.165) is 30.7 Å². The molecular weight excluding hydrogens is 450 g/mol. The second-order valence-electron chi connectivity index (χ2n) is 8.46. The number of benzene rings is 1. The lowest BCUT2D eigenvalue weighted by Crippen LogP contribution is -2.29. The molecule has 10 heteroatoms. The summed E-state index contributed by atoms with van der Waals surface area (Å²) in [5.74, 6) is 1.01. The molecule has 2 heterocycles. The minimum Gasteiger partial charge on any atom is -0.494 e. The third kappa shape index (κ3) is 4.68. The highest BCUT2D eigenvalue weighted by molar-refractivity contribution is 5.80. The maximum Gasteiger partial charge on any atom is 0.275 e. The zero-order chi connectivity index (χ0) is 25.1. The van der Waals surface area contributed by atoms with Crippen molar-refractivity contribution < 1.29 is 19.0 Å². The van der Waals surface area contributed by atoms with Crippen LogP contribution in [-0.2, 0) is 6.42 Å². The molecule has 35 heavy (non-hydrogen) atoms. The zero-order valence-electron chi connectivity index (χ0n) is 20.5. The van der Waals surface area contributed by atoms with E-state index in [2.05, 4.69) is 20.2 Å². The molecule has 1 N–H and O–H groups in total. The fraction of sp³-hybridized carbons (Fsp3) is 0.400. The van der Waals surface area contributed by atoms with Crippen molar-refractivity contribution in [2.45, 2.75) is 52.4 Å². The molecule has 1 saturated carbocycles. The predicted octanol–water partition coefficient (Wildman–Crippen LogP) is 4.20. The van der Waals surface area contributed by atoms with E-state index in [1.54, 1.807) is 18.2 Å². The number of aromatic hydroxyl groups is 1. The molecule has 1 aliphatic carbocycles. The van der Waals surface area contributed by atoms with Gasteiger partial charge < -0.3 is 19.0 Å². The molecule has 184 valence electrons. The van der Waals surface area contributed by atoms with Crippen LogP contribution in [0.5, 0.6) is 17.4 Å². The standard InChI is InChI=1S/C25H29N5O5/c1-6-16(26-14(2)3)13-19-28-29-24(35-19)20-23(31)27-22(15-9-7-10-15)30(25(20)32)21-17(33-4)11-8-12-18(21)34-5/h6,8,11-12,15,31H,7,9-10,13H2,1-5H3/b16-6-. The van der Waals surface area contributed by atoms with Crippen molar-refractivity contribution in [2.24, 2.45) is 4.99 Å². The van der Waals surface area contributed by atoms with Crippen molar-refractivity contribution in [3.05, 3.63) is 52.0 Å². The van der Waals surface area contributed by atoms with Crippen LogP contribution in [0.2, 0.25) is 0 Å². The van der Waals surface area contributed by atoms with Crippen molar-refractivity contribution in [3.8, 4) is 34.5 Å². The maximum atomic E-state index is 13.9. The van der Waals surface area contributed by atoms with Gasteiger partial charge in [-0.25, -0.2) is 0 Å². The topological polar surface area (TPSA) is 125 Å². The lowest BCUT2D eigenvalue weighted by atomic mass is 9.84. The van der Waals surface area contributed by atoms with E-state index in [1.807, 2.05) is 26.8 Å². The Bertz CT molecular complexity index is 1320. The average Bonchev–Trinajstić information content (AvgIpc) is 3.24. The summed E-state index contributed by atoms with van der Waals surface area (Å²) in [4.78, 5) is 22.8. The molecule has 1 aromatic carbocycles. The van der Waals surface area contributed by atoms with Gasteiger partial charge in [-0.3, -0.25) is 14.4 Å². The van der Waals surface area contributed by atoms with E-state index < -0.39 is 11.4 Å². The van der Waals surface area contributed by atoms with E-state index in [1.165, 1.54) is 18.8 Å². The molecule has 3 aromatic rings. The van der Waals surface area contributed by atoms with Crippen LogP contribution >= 0.6 is 0 Å². The molecule has 0 unspecified atom stereocenters. The minimum absolute atomic E-state index is 0.0166. The number of para-hydroxylation sites is 1. The first-order chi connectivity index (χ1) is 16.9. The lowest BCUT2D eigenvalue weighted by molar-refractivity contribution is 0.366. The maximum absolute atomic E-state index is 13.9. The number of aromatic nitrogens is 4. The first kappa shape index (κ1) is 24.2. The van der Waals surface area contributed by atoms with Crippen LogP contribution in [-0.4, -0.2) is 44.8 Å². The van der Waals surface area contributed by atoms with Gasteiger partial charge in [-0.2, -0.15) is 4.98 Å².